The average Bonchev–Trinajstić information content (AvgIpc) is 3.20. The molecule has 1 aliphatic carbocycles. The van der Waals surface area contributed by atoms with Gasteiger partial charge >= 0.3 is 0 Å². The van der Waals surface area contributed by atoms with Crippen molar-refractivity contribution >= 4 is 23.2 Å². The lowest BCUT2D eigenvalue weighted by atomic mass is 10.1. The number of carbonyl (C=O) groups excluding carboxylic acids is 1. The molecule has 0 spiro atoms. The van der Waals surface area contributed by atoms with Gasteiger partial charge in [-0.3, -0.25) is 4.79 Å². The highest BCUT2D eigenvalue weighted by Crippen LogP contribution is 2.37. The Balaban J connectivity index is 1.93. The molecule has 2 nitrogen and oxygen atoms in total. The molecule has 3 heteroatoms. The number of hydrogen-bond donors (Lipinski definition) is 1. The molecule has 0 saturated heterocycles. The lowest BCUT2D eigenvalue weighted by Gasteiger charge is -2.12. The van der Waals surface area contributed by atoms with Crippen LogP contribution < -0.4 is 5.32 Å². The molecule has 1 N–H and O–H groups in total. The number of benzene rings is 1. The van der Waals surface area contributed by atoms with E-state index in [2.05, 4.69) is 11.4 Å². The molecule has 0 bridgehead atoms. The van der Waals surface area contributed by atoms with Gasteiger partial charge in [-0.25, -0.2) is 0 Å². The van der Waals surface area contributed by atoms with E-state index in [1.54, 1.807) is 0 Å². The van der Waals surface area contributed by atoms with Crippen LogP contribution in [0.4, 0.5) is 5.69 Å². The summed E-state index contributed by atoms with van der Waals surface area (Å²) in [6.07, 6.45) is 4.33. The summed E-state index contributed by atoms with van der Waals surface area (Å²) in [6.45, 7) is 2.02. The molecule has 18 heavy (non-hydrogen) atoms. The minimum absolute atomic E-state index is 0.136. The topological polar surface area (TPSA) is 29.1 Å². The van der Waals surface area contributed by atoms with E-state index >= 15 is 0 Å². The van der Waals surface area contributed by atoms with Crippen LogP contribution in [-0.4, -0.2) is 11.8 Å². The van der Waals surface area contributed by atoms with Gasteiger partial charge in [0.15, 0.2) is 0 Å². The van der Waals surface area contributed by atoms with Crippen LogP contribution in [0.25, 0.3) is 0 Å². The Kier molecular flexibility index (Phi) is 4.65. The standard InChI is InChI=1S/C15H20ClNO/c1-11(13-7-8-13)15(18)17-14-6-2-4-12(10-14)5-3-9-16/h2,4,6,10-11,13H,3,5,7-9H2,1H3,(H,17,18). The minimum atomic E-state index is 0.136. The molecule has 98 valence electrons. The number of carbonyl (C=O) groups is 1. The summed E-state index contributed by atoms with van der Waals surface area (Å²) in [4.78, 5) is 12.0. The maximum absolute atomic E-state index is 12.0. The molecule has 1 unspecified atom stereocenters. The van der Waals surface area contributed by atoms with Crippen molar-refractivity contribution in [2.24, 2.45) is 11.8 Å². The number of halogens is 1. The second-order valence-corrected chi connectivity index (χ2v) is 5.49. The van der Waals surface area contributed by atoms with Crippen LogP contribution in [0, 0.1) is 11.8 Å². The smallest absolute Gasteiger partial charge is 0.227 e. The highest BCUT2D eigenvalue weighted by Gasteiger charge is 2.32. The number of rotatable bonds is 6. The summed E-state index contributed by atoms with van der Waals surface area (Å²) in [7, 11) is 0. The van der Waals surface area contributed by atoms with E-state index in [4.69, 9.17) is 11.6 Å². The van der Waals surface area contributed by atoms with Crippen molar-refractivity contribution in [1.29, 1.82) is 0 Å². The zero-order valence-electron chi connectivity index (χ0n) is 10.8. The van der Waals surface area contributed by atoms with E-state index in [1.165, 1.54) is 18.4 Å². The van der Waals surface area contributed by atoms with Crippen molar-refractivity contribution in [1.82, 2.24) is 0 Å². The number of anilines is 1. The van der Waals surface area contributed by atoms with Gasteiger partial charge in [0, 0.05) is 17.5 Å². The normalized spacial score (nSPS) is 16.3. The Labute approximate surface area is 114 Å². The molecule has 0 heterocycles. The Morgan fingerprint density at radius 1 is 1.50 bits per heavy atom. The number of amides is 1. The van der Waals surface area contributed by atoms with Gasteiger partial charge in [-0.05, 0) is 49.3 Å². The van der Waals surface area contributed by atoms with Crippen molar-refractivity contribution in [3.05, 3.63) is 29.8 Å². The highest BCUT2D eigenvalue weighted by atomic mass is 35.5. The fourth-order valence-electron chi connectivity index (χ4n) is 2.14. The zero-order valence-corrected chi connectivity index (χ0v) is 11.5. The largest absolute Gasteiger partial charge is 0.326 e. The number of nitrogens with one attached hydrogen (secondary N) is 1. The van der Waals surface area contributed by atoms with Gasteiger partial charge in [-0.2, -0.15) is 0 Å². The Morgan fingerprint density at radius 2 is 2.28 bits per heavy atom. The molecule has 1 aromatic rings. The third kappa shape index (κ3) is 3.74. The van der Waals surface area contributed by atoms with E-state index in [0.29, 0.717) is 11.8 Å². The summed E-state index contributed by atoms with van der Waals surface area (Å²) >= 11 is 5.69. The van der Waals surface area contributed by atoms with Gasteiger partial charge < -0.3 is 5.32 Å². The van der Waals surface area contributed by atoms with Crippen molar-refractivity contribution < 1.29 is 4.79 Å². The van der Waals surface area contributed by atoms with Crippen LogP contribution in [0.2, 0.25) is 0 Å². The summed E-state index contributed by atoms with van der Waals surface area (Å²) in [6, 6.07) is 8.05. The maximum atomic E-state index is 12.0. The van der Waals surface area contributed by atoms with Crippen LogP contribution in [0.5, 0.6) is 0 Å². The van der Waals surface area contributed by atoms with Crippen LogP contribution in [-0.2, 0) is 11.2 Å². The van der Waals surface area contributed by atoms with Crippen LogP contribution in [0.3, 0.4) is 0 Å². The maximum Gasteiger partial charge on any atom is 0.227 e. The second-order valence-electron chi connectivity index (χ2n) is 5.11. The first-order chi connectivity index (χ1) is 8.70. The molecule has 1 amide bonds. The Morgan fingerprint density at radius 3 is 2.94 bits per heavy atom. The number of aryl methyl sites for hydroxylation is 1. The molecule has 1 aromatic carbocycles. The minimum Gasteiger partial charge on any atom is -0.326 e. The summed E-state index contributed by atoms with van der Waals surface area (Å²) in [5.74, 6) is 1.56. The lowest BCUT2D eigenvalue weighted by Crippen LogP contribution is -2.21. The first-order valence-electron chi connectivity index (χ1n) is 6.66. The lowest BCUT2D eigenvalue weighted by molar-refractivity contribution is -0.119. The molecule has 1 atom stereocenters. The van der Waals surface area contributed by atoms with Gasteiger partial charge in [-0.1, -0.05) is 19.1 Å². The second kappa shape index (κ2) is 6.24. The molecule has 2 rings (SSSR count). The van der Waals surface area contributed by atoms with Crippen molar-refractivity contribution in [2.75, 3.05) is 11.2 Å². The van der Waals surface area contributed by atoms with Gasteiger partial charge in [0.05, 0.1) is 0 Å². The number of alkyl halides is 1. The van der Waals surface area contributed by atoms with Crippen molar-refractivity contribution in [3.8, 4) is 0 Å². The molecule has 1 saturated carbocycles. The average molecular weight is 266 g/mol. The molecule has 1 fully saturated rings. The van der Waals surface area contributed by atoms with E-state index < -0.39 is 0 Å². The molecule has 0 aromatic heterocycles. The van der Waals surface area contributed by atoms with Crippen LogP contribution in [0.1, 0.15) is 31.7 Å². The molecular weight excluding hydrogens is 246 g/mol. The van der Waals surface area contributed by atoms with Gasteiger partial charge in [0.1, 0.15) is 0 Å². The summed E-state index contributed by atoms with van der Waals surface area (Å²) < 4.78 is 0. The third-order valence-electron chi connectivity index (χ3n) is 3.54. The molecular formula is C15H20ClNO. The van der Waals surface area contributed by atoms with Gasteiger partial charge in [0.25, 0.3) is 0 Å². The third-order valence-corrected chi connectivity index (χ3v) is 3.80. The predicted octanol–water partition coefficient (Wildman–Crippen LogP) is 3.84. The summed E-state index contributed by atoms with van der Waals surface area (Å²) in [5, 5.41) is 3.01. The van der Waals surface area contributed by atoms with E-state index in [0.717, 1.165) is 18.5 Å². The number of hydrogen-bond acceptors (Lipinski definition) is 1. The molecule has 1 aliphatic rings. The highest BCUT2D eigenvalue weighted by molar-refractivity contribution is 6.17. The van der Waals surface area contributed by atoms with Crippen molar-refractivity contribution in [3.63, 3.8) is 0 Å². The first kappa shape index (κ1) is 13.4. The van der Waals surface area contributed by atoms with Gasteiger partial charge in [0.2, 0.25) is 5.91 Å². The Bertz CT molecular complexity index is 415. The van der Waals surface area contributed by atoms with Crippen LogP contribution >= 0.6 is 11.6 Å². The summed E-state index contributed by atoms with van der Waals surface area (Å²) in [5.41, 5.74) is 2.13. The molecule has 0 radical (unpaired) electrons. The van der Waals surface area contributed by atoms with Gasteiger partial charge in [-0.15, -0.1) is 11.6 Å². The fourth-order valence-corrected chi connectivity index (χ4v) is 2.28. The first-order valence-corrected chi connectivity index (χ1v) is 7.20. The van der Waals surface area contributed by atoms with Crippen molar-refractivity contribution in [2.45, 2.75) is 32.6 Å². The zero-order chi connectivity index (χ0) is 13.0. The van der Waals surface area contributed by atoms with Crippen LogP contribution in [0.15, 0.2) is 24.3 Å². The monoisotopic (exact) mass is 265 g/mol. The quantitative estimate of drug-likeness (QED) is 0.778. The Hall–Kier alpha value is -1.02. The fraction of sp³-hybridized carbons (Fsp3) is 0.533. The van der Waals surface area contributed by atoms with E-state index in [9.17, 15) is 4.79 Å². The van der Waals surface area contributed by atoms with E-state index in [-0.39, 0.29) is 11.8 Å². The van der Waals surface area contributed by atoms with E-state index in [1.807, 2.05) is 25.1 Å². The SMILES string of the molecule is CC(C(=O)Nc1cccc(CCCCl)c1)C1CC1. The predicted molar refractivity (Wildman–Crippen MR) is 76.0 cm³/mol. The molecule has 0 aliphatic heterocycles.